The first-order valence-corrected chi connectivity index (χ1v) is 10.8. The van der Waals surface area contributed by atoms with Crippen molar-refractivity contribution in [2.24, 2.45) is 17.8 Å². The molecular weight excluding hydrogens is 336 g/mol. The van der Waals surface area contributed by atoms with Gasteiger partial charge < -0.3 is 9.64 Å². The van der Waals surface area contributed by atoms with Crippen LogP contribution in [0.15, 0.2) is 24.3 Å². The van der Waals surface area contributed by atoms with Crippen molar-refractivity contribution >= 4 is 5.78 Å². The molecule has 0 N–H and O–H groups in total. The van der Waals surface area contributed by atoms with E-state index in [9.17, 15) is 4.79 Å². The van der Waals surface area contributed by atoms with Crippen LogP contribution < -0.4 is 0 Å². The first kappa shape index (κ1) is 19.1. The number of hydrogen-bond acceptors (Lipinski definition) is 4. The number of fused-ring (bicyclic) bond motifs is 1. The van der Waals surface area contributed by atoms with Crippen molar-refractivity contribution < 1.29 is 9.53 Å². The van der Waals surface area contributed by atoms with E-state index in [1.54, 1.807) is 6.92 Å². The molecule has 1 saturated carbocycles. The summed E-state index contributed by atoms with van der Waals surface area (Å²) in [7, 11) is 0. The Labute approximate surface area is 163 Å². The van der Waals surface area contributed by atoms with Crippen molar-refractivity contribution in [2.45, 2.75) is 39.2 Å². The first-order chi connectivity index (χ1) is 13.2. The second-order valence-electron chi connectivity index (χ2n) is 8.77. The summed E-state index contributed by atoms with van der Waals surface area (Å²) in [4.78, 5) is 16.5. The van der Waals surface area contributed by atoms with E-state index in [4.69, 9.17) is 4.74 Å². The molecular formula is C23H34N2O2. The minimum atomic E-state index is 0.141. The van der Waals surface area contributed by atoms with Gasteiger partial charge in [-0.15, -0.1) is 0 Å². The molecule has 4 heteroatoms. The number of carbonyl (C=O) groups excluding carboxylic acids is 1. The van der Waals surface area contributed by atoms with Gasteiger partial charge in [-0.1, -0.05) is 30.7 Å². The van der Waals surface area contributed by atoms with E-state index in [1.165, 1.54) is 64.0 Å². The summed E-state index contributed by atoms with van der Waals surface area (Å²) in [5.74, 6) is 2.64. The number of ether oxygens (including phenoxy) is 1. The van der Waals surface area contributed by atoms with Crippen molar-refractivity contribution in [3.63, 3.8) is 0 Å². The number of hydrogen-bond donors (Lipinski definition) is 0. The van der Waals surface area contributed by atoms with Gasteiger partial charge >= 0.3 is 0 Å². The molecule has 27 heavy (non-hydrogen) atoms. The normalized spacial score (nSPS) is 28.3. The molecule has 0 aromatic heterocycles. The summed E-state index contributed by atoms with van der Waals surface area (Å²) in [6.45, 7) is 10.7. The van der Waals surface area contributed by atoms with Crippen LogP contribution in [0.2, 0.25) is 0 Å². The number of piperidine rings is 2. The number of Topliss-reactive ketones (excluding diaryl/α,β-unsaturated/α-hetero) is 1. The number of nitrogens with zero attached hydrogens (tertiary/aromatic N) is 2. The molecule has 148 valence electrons. The topological polar surface area (TPSA) is 32.8 Å². The van der Waals surface area contributed by atoms with Crippen LogP contribution in [-0.2, 0) is 11.3 Å². The predicted molar refractivity (Wildman–Crippen MR) is 108 cm³/mol. The quantitative estimate of drug-likeness (QED) is 0.492. The fourth-order valence-corrected chi connectivity index (χ4v) is 5.01. The minimum Gasteiger partial charge on any atom is -0.381 e. The largest absolute Gasteiger partial charge is 0.381 e. The van der Waals surface area contributed by atoms with E-state index in [2.05, 4.69) is 21.9 Å². The zero-order valence-electron chi connectivity index (χ0n) is 16.7. The van der Waals surface area contributed by atoms with Crippen molar-refractivity contribution in [2.75, 3.05) is 45.9 Å². The fraction of sp³-hybridized carbons (Fsp3) is 0.696. The third-order valence-electron chi connectivity index (χ3n) is 6.74. The van der Waals surface area contributed by atoms with Crippen LogP contribution in [0, 0.1) is 17.8 Å². The summed E-state index contributed by atoms with van der Waals surface area (Å²) in [6, 6.07) is 8.11. The van der Waals surface area contributed by atoms with Crippen LogP contribution in [0.3, 0.4) is 0 Å². The lowest BCUT2D eigenvalue weighted by atomic mass is 10.1. The molecule has 3 atom stereocenters. The molecule has 0 spiro atoms. The Morgan fingerprint density at radius 3 is 2.41 bits per heavy atom. The zero-order valence-corrected chi connectivity index (χ0v) is 16.7. The lowest BCUT2D eigenvalue weighted by molar-refractivity contribution is 0.0967. The Hall–Kier alpha value is -1.23. The van der Waals surface area contributed by atoms with Crippen LogP contribution in [0.25, 0.3) is 0 Å². The second kappa shape index (κ2) is 8.85. The highest BCUT2D eigenvalue weighted by atomic mass is 16.5. The molecule has 2 saturated heterocycles. The van der Waals surface area contributed by atoms with Gasteiger partial charge in [0, 0.05) is 38.3 Å². The van der Waals surface area contributed by atoms with Crippen LogP contribution in [0.4, 0.5) is 0 Å². The molecule has 2 heterocycles. The average Bonchev–Trinajstić information content (AvgIpc) is 3.13. The first-order valence-electron chi connectivity index (χ1n) is 10.8. The molecule has 0 amide bonds. The van der Waals surface area contributed by atoms with E-state index in [1.807, 2.05) is 12.1 Å². The molecule has 4 nitrogen and oxygen atoms in total. The molecule has 3 fully saturated rings. The number of benzene rings is 1. The summed E-state index contributed by atoms with van der Waals surface area (Å²) >= 11 is 0. The molecule has 1 aromatic rings. The van der Waals surface area contributed by atoms with Gasteiger partial charge in [-0.25, -0.2) is 0 Å². The molecule has 0 radical (unpaired) electrons. The zero-order chi connectivity index (χ0) is 18.6. The third kappa shape index (κ3) is 4.98. The van der Waals surface area contributed by atoms with Gasteiger partial charge in [0.2, 0.25) is 0 Å². The molecule has 2 aliphatic heterocycles. The summed E-state index contributed by atoms with van der Waals surface area (Å²) in [5, 5.41) is 0. The van der Waals surface area contributed by atoms with Gasteiger partial charge in [-0.05, 0) is 62.6 Å². The van der Waals surface area contributed by atoms with Gasteiger partial charge in [-0.2, -0.15) is 0 Å². The maximum Gasteiger partial charge on any atom is 0.159 e. The number of carbonyl (C=O) groups is 1. The smallest absolute Gasteiger partial charge is 0.159 e. The summed E-state index contributed by atoms with van der Waals surface area (Å²) in [5.41, 5.74) is 2.12. The van der Waals surface area contributed by atoms with Gasteiger partial charge in [0.1, 0.15) is 0 Å². The van der Waals surface area contributed by atoms with Crippen LogP contribution in [0.1, 0.15) is 48.5 Å². The second-order valence-corrected chi connectivity index (χ2v) is 8.77. The molecule has 0 bridgehead atoms. The van der Waals surface area contributed by atoms with Gasteiger partial charge in [0.15, 0.2) is 5.78 Å². The fourth-order valence-electron chi connectivity index (χ4n) is 5.01. The van der Waals surface area contributed by atoms with Gasteiger partial charge in [0.05, 0.1) is 6.61 Å². The standard InChI is InChI=1S/C23H34N2O2/c1-18(26)20-8-6-19(7-9-20)14-25-15-21-22(16-25)23(21)17-27-13-5-12-24-10-3-2-4-11-24/h6-9,21-23H,2-5,10-17H2,1H3/t21-,22+,23?. The van der Waals surface area contributed by atoms with Crippen LogP contribution in [0.5, 0.6) is 0 Å². The van der Waals surface area contributed by atoms with Crippen molar-refractivity contribution in [1.29, 1.82) is 0 Å². The van der Waals surface area contributed by atoms with Crippen LogP contribution in [-0.4, -0.2) is 61.5 Å². The highest BCUT2D eigenvalue weighted by molar-refractivity contribution is 5.93. The monoisotopic (exact) mass is 370 g/mol. The number of rotatable bonds is 9. The minimum absolute atomic E-state index is 0.141. The third-order valence-corrected chi connectivity index (χ3v) is 6.74. The van der Waals surface area contributed by atoms with Crippen molar-refractivity contribution in [1.82, 2.24) is 9.80 Å². The Bertz CT molecular complexity index is 612. The molecule has 1 aromatic carbocycles. The number of likely N-dealkylation sites (tertiary alicyclic amines) is 2. The summed E-state index contributed by atoms with van der Waals surface area (Å²) in [6.07, 6.45) is 5.36. The maximum atomic E-state index is 11.4. The van der Waals surface area contributed by atoms with E-state index < -0.39 is 0 Å². The Morgan fingerprint density at radius 1 is 1.04 bits per heavy atom. The molecule has 1 unspecified atom stereocenters. The van der Waals surface area contributed by atoms with Crippen molar-refractivity contribution in [3.05, 3.63) is 35.4 Å². The van der Waals surface area contributed by atoms with Gasteiger partial charge in [0.25, 0.3) is 0 Å². The Morgan fingerprint density at radius 2 is 1.74 bits per heavy atom. The van der Waals surface area contributed by atoms with E-state index in [0.29, 0.717) is 0 Å². The summed E-state index contributed by atoms with van der Waals surface area (Å²) < 4.78 is 6.00. The SMILES string of the molecule is CC(=O)c1ccc(CN2C[C@@H]3C(COCCCN4CCCCC4)[C@@H]3C2)cc1. The van der Waals surface area contributed by atoms with Gasteiger partial charge in [-0.3, -0.25) is 9.69 Å². The van der Waals surface area contributed by atoms with E-state index >= 15 is 0 Å². The Balaban J connectivity index is 1.09. The van der Waals surface area contributed by atoms with E-state index in [-0.39, 0.29) is 5.78 Å². The lowest BCUT2D eigenvalue weighted by Crippen LogP contribution is -2.31. The number of ketones is 1. The van der Waals surface area contributed by atoms with Crippen molar-refractivity contribution in [3.8, 4) is 0 Å². The molecule has 4 rings (SSSR count). The maximum absolute atomic E-state index is 11.4. The highest BCUT2D eigenvalue weighted by Crippen LogP contribution is 2.51. The predicted octanol–water partition coefficient (Wildman–Crippen LogP) is 3.46. The molecule has 1 aliphatic carbocycles. The van der Waals surface area contributed by atoms with E-state index in [0.717, 1.165) is 43.1 Å². The highest BCUT2D eigenvalue weighted by Gasteiger charge is 2.55. The Kier molecular flexibility index (Phi) is 6.26. The van der Waals surface area contributed by atoms with Crippen LogP contribution >= 0.6 is 0 Å². The average molecular weight is 371 g/mol. The lowest BCUT2D eigenvalue weighted by Gasteiger charge is -2.26. The molecule has 3 aliphatic rings.